The molecule has 0 saturated carbocycles. The van der Waals surface area contributed by atoms with Crippen molar-refractivity contribution in [2.24, 2.45) is 0 Å². The Morgan fingerprint density at radius 3 is 1.36 bits per heavy atom. The minimum atomic E-state index is -0.105. The first-order valence-electron chi connectivity index (χ1n) is 13.9. The summed E-state index contributed by atoms with van der Waals surface area (Å²) in [5.41, 5.74) is 2.83. The molecule has 2 amide bonds. The molecule has 4 nitrogen and oxygen atoms in total. The summed E-state index contributed by atoms with van der Waals surface area (Å²) < 4.78 is 0. The Labute approximate surface area is 244 Å². The fourth-order valence-electron chi connectivity index (χ4n) is 5.48. The van der Waals surface area contributed by atoms with Gasteiger partial charge in [0.15, 0.2) is 0 Å². The van der Waals surface area contributed by atoms with Crippen LogP contribution in [0.3, 0.4) is 0 Å². The van der Waals surface area contributed by atoms with Crippen LogP contribution in [0, 0.1) is 0 Å². The fraction of sp³-hybridized carbons (Fsp3) is 0.438. The van der Waals surface area contributed by atoms with Gasteiger partial charge in [-0.3, -0.25) is 9.59 Å². The maximum Gasteiger partial charge on any atom is 0.261 e. The van der Waals surface area contributed by atoms with Gasteiger partial charge in [0.25, 0.3) is 11.8 Å². The molecular weight excluding hydrogens is 541 g/mol. The molecule has 0 fully saturated rings. The molecular formula is C32H38N2O2S3. The summed E-state index contributed by atoms with van der Waals surface area (Å²) in [7, 11) is 3.59. The molecule has 0 radical (unpaired) electrons. The van der Waals surface area contributed by atoms with Crippen molar-refractivity contribution in [1.82, 2.24) is 9.80 Å². The largest absolute Gasteiger partial charge is 0.309 e. The van der Waals surface area contributed by atoms with Gasteiger partial charge in [0.1, 0.15) is 0 Å². The van der Waals surface area contributed by atoms with E-state index in [-0.39, 0.29) is 22.6 Å². The first-order valence-corrected chi connectivity index (χ1v) is 16.3. The Hall–Kier alpha value is -2.48. The standard InChI is InChI=1S/C32H38N2O2S3/c1-9-31(5,10-2)23-17-15-20(38-23)19-13-14-21(37-19)27-25-26(30(36)33(27)7)28(34(8)29(25)35)22-16-18-24(39-22)32(6,11-3)12-4/h13-18H,9-12H2,1-8H3. The molecule has 0 atom stereocenters. The van der Waals surface area contributed by atoms with E-state index in [2.05, 4.69) is 77.9 Å². The van der Waals surface area contributed by atoms with E-state index < -0.39 is 0 Å². The zero-order chi connectivity index (χ0) is 28.3. The first kappa shape index (κ1) is 28.1. The van der Waals surface area contributed by atoms with Crippen molar-refractivity contribution in [1.29, 1.82) is 0 Å². The third kappa shape index (κ3) is 4.28. The van der Waals surface area contributed by atoms with Crippen LogP contribution in [0.25, 0.3) is 21.1 Å². The Balaban J connectivity index is 1.57. The maximum absolute atomic E-state index is 13.7. The lowest BCUT2D eigenvalue weighted by atomic mass is 9.83. The molecule has 3 aromatic rings. The SMILES string of the molecule is CCC(C)(CC)c1ccc(C2=C3C(=O)N(C)C(c4ccc(-c5ccc(C(C)(CC)CC)s5)s4)=C3C(=O)N2C)s1. The summed E-state index contributed by atoms with van der Waals surface area (Å²) in [5, 5.41) is 0. The first-order chi connectivity index (χ1) is 18.5. The number of hydrogen-bond acceptors (Lipinski definition) is 5. The molecule has 0 N–H and O–H groups in total. The van der Waals surface area contributed by atoms with Gasteiger partial charge in [0, 0.05) is 44.4 Å². The van der Waals surface area contributed by atoms with Crippen molar-refractivity contribution in [3.05, 3.63) is 67.1 Å². The molecule has 0 unspecified atom stereocenters. The van der Waals surface area contributed by atoms with Gasteiger partial charge in [0.05, 0.1) is 32.3 Å². The van der Waals surface area contributed by atoms with Gasteiger partial charge >= 0.3 is 0 Å². The van der Waals surface area contributed by atoms with Gasteiger partial charge in [-0.25, -0.2) is 0 Å². The molecule has 7 heteroatoms. The number of nitrogens with zero attached hydrogens (tertiary/aromatic N) is 2. The van der Waals surface area contributed by atoms with Gasteiger partial charge in [-0.1, -0.05) is 41.5 Å². The van der Waals surface area contributed by atoms with Crippen LogP contribution in [0.2, 0.25) is 0 Å². The third-order valence-electron chi connectivity index (χ3n) is 9.27. The van der Waals surface area contributed by atoms with Crippen LogP contribution in [0.15, 0.2) is 47.5 Å². The van der Waals surface area contributed by atoms with Crippen molar-refractivity contribution in [3.63, 3.8) is 0 Å². The van der Waals surface area contributed by atoms with Crippen LogP contribution >= 0.6 is 34.0 Å². The number of thiophene rings is 3. The Kier molecular flexibility index (Phi) is 7.32. The average Bonchev–Trinajstić information content (AvgIpc) is 3.77. The predicted octanol–water partition coefficient (Wildman–Crippen LogP) is 8.76. The highest BCUT2D eigenvalue weighted by Crippen LogP contribution is 2.50. The van der Waals surface area contributed by atoms with E-state index in [4.69, 9.17) is 0 Å². The van der Waals surface area contributed by atoms with Crippen molar-refractivity contribution in [2.45, 2.75) is 78.1 Å². The minimum Gasteiger partial charge on any atom is -0.309 e. The molecule has 206 valence electrons. The monoisotopic (exact) mass is 578 g/mol. The molecule has 5 heterocycles. The second-order valence-corrected chi connectivity index (χ2v) is 14.5. The number of carbonyl (C=O) groups is 2. The Morgan fingerprint density at radius 1 is 0.564 bits per heavy atom. The maximum atomic E-state index is 13.7. The van der Waals surface area contributed by atoms with E-state index >= 15 is 0 Å². The van der Waals surface area contributed by atoms with Crippen LogP contribution in [-0.2, 0) is 20.4 Å². The summed E-state index contributed by atoms with van der Waals surface area (Å²) in [6, 6.07) is 12.9. The van der Waals surface area contributed by atoms with Gasteiger partial charge in [-0.2, -0.15) is 0 Å². The molecule has 5 rings (SSSR count). The van der Waals surface area contributed by atoms with Crippen LogP contribution < -0.4 is 0 Å². The highest BCUT2D eigenvalue weighted by molar-refractivity contribution is 7.22. The fourth-order valence-corrected chi connectivity index (χ4v) is 9.34. The zero-order valence-corrected chi connectivity index (χ0v) is 26.7. The number of amides is 2. The van der Waals surface area contributed by atoms with Crippen molar-refractivity contribution >= 4 is 57.2 Å². The molecule has 0 aliphatic carbocycles. The van der Waals surface area contributed by atoms with Crippen molar-refractivity contribution in [2.75, 3.05) is 14.1 Å². The van der Waals surface area contributed by atoms with Crippen molar-refractivity contribution in [3.8, 4) is 9.75 Å². The molecule has 0 saturated heterocycles. The molecule has 0 spiro atoms. The van der Waals surface area contributed by atoms with Gasteiger partial charge in [-0.05, 0) is 62.1 Å². The normalized spacial score (nSPS) is 16.4. The lowest BCUT2D eigenvalue weighted by Crippen LogP contribution is -2.24. The quantitative estimate of drug-likeness (QED) is 0.255. The molecule has 0 aromatic carbocycles. The van der Waals surface area contributed by atoms with Crippen LogP contribution in [0.4, 0.5) is 0 Å². The number of carbonyl (C=O) groups excluding carboxylic acids is 2. The highest BCUT2D eigenvalue weighted by Gasteiger charge is 2.47. The molecule has 0 bridgehead atoms. The van der Waals surface area contributed by atoms with E-state index in [9.17, 15) is 9.59 Å². The minimum absolute atomic E-state index is 0.0936. The van der Waals surface area contributed by atoms with E-state index in [1.165, 1.54) is 19.5 Å². The number of rotatable bonds is 9. The molecule has 39 heavy (non-hydrogen) atoms. The summed E-state index contributed by atoms with van der Waals surface area (Å²) in [6.45, 7) is 13.6. The predicted molar refractivity (Wildman–Crippen MR) is 167 cm³/mol. The molecule has 3 aromatic heterocycles. The smallest absolute Gasteiger partial charge is 0.261 e. The molecule has 2 aliphatic heterocycles. The Morgan fingerprint density at radius 2 is 0.897 bits per heavy atom. The van der Waals surface area contributed by atoms with Gasteiger partial charge in [0.2, 0.25) is 0 Å². The summed E-state index contributed by atoms with van der Waals surface area (Å²) in [4.78, 5) is 37.8. The van der Waals surface area contributed by atoms with Crippen LogP contribution in [0.1, 0.15) is 86.7 Å². The van der Waals surface area contributed by atoms with E-state index in [1.54, 1.807) is 46.6 Å². The average molecular weight is 579 g/mol. The van der Waals surface area contributed by atoms with E-state index in [1.807, 2.05) is 11.3 Å². The summed E-state index contributed by atoms with van der Waals surface area (Å²) in [6.07, 6.45) is 4.31. The zero-order valence-electron chi connectivity index (χ0n) is 24.2. The Bertz CT molecular complexity index is 1510. The number of hydrogen-bond donors (Lipinski definition) is 0. The van der Waals surface area contributed by atoms with Gasteiger partial charge in [-0.15, -0.1) is 34.0 Å². The van der Waals surface area contributed by atoms with E-state index in [0.29, 0.717) is 11.1 Å². The summed E-state index contributed by atoms with van der Waals surface area (Å²) >= 11 is 5.22. The lowest BCUT2D eigenvalue weighted by molar-refractivity contribution is -0.123. The highest BCUT2D eigenvalue weighted by atomic mass is 32.1. The van der Waals surface area contributed by atoms with Crippen LogP contribution in [-0.4, -0.2) is 35.7 Å². The number of fused-ring (bicyclic) bond motifs is 1. The third-order valence-corrected chi connectivity index (χ3v) is 13.3. The van der Waals surface area contributed by atoms with Gasteiger partial charge < -0.3 is 9.80 Å². The second kappa shape index (κ2) is 10.2. The van der Waals surface area contributed by atoms with E-state index in [0.717, 1.165) is 46.8 Å². The summed E-state index contributed by atoms with van der Waals surface area (Å²) in [5.74, 6) is -0.210. The van der Waals surface area contributed by atoms with Crippen molar-refractivity contribution < 1.29 is 9.59 Å². The lowest BCUT2D eigenvalue weighted by Gasteiger charge is -2.25. The second-order valence-electron chi connectivity index (χ2n) is 11.2. The molecule has 2 aliphatic rings. The number of likely N-dealkylation sites (N-methyl/N-ethyl adjacent to an activating group) is 2. The van der Waals surface area contributed by atoms with Crippen LogP contribution in [0.5, 0.6) is 0 Å². The topological polar surface area (TPSA) is 40.6 Å².